The zero-order chi connectivity index (χ0) is 18.5. The summed E-state index contributed by atoms with van der Waals surface area (Å²) in [6, 6.07) is 14.6. The summed E-state index contributed by atoms with van der Waals surface area (Å²) in [6.07, 6.45) is 0. The molecule has 6 heteroatoms. The second-order valence-corrected chi connectivity index (χ2v) is 7.18. The van der Waals surface area contributed by atoms with Crippen molar-refractivity contribution in [2.24, 2.45) is 0 Å². The summed E-state index contributed by atoms with van der Waals surface area (Å²) in [5.74, 6) is 0.0523. The number of benzene rings is 2. The Labute approximate surface area is 164 Å². The number of amides is 1. The molecule has 1 fully saturated rings. The van der Waals surface area contributed by atoms with Crippen LogP contribution in [0.1, 0.15) is 30.1 Å². The fourth-order valence-corrected chi connectivity index (χ4v) is 3.69. The molecule has 0 bridgehead atoms. The highest BCUT2D eigenvalue weighted by Gasteiger charge is 2.28. The third kappa shape index (κ3) is 4.57. The van der Waals surface area contributed by atoms with Crippen molar-refractivity contribution in [2.45, 2.75) is 19.0 Å². The van der Waals surface area contributed by atoms with Crippen molar-refractivity contribution in [3.8, 4) is 0 Å². The van der Waals surface area contributed by atoms with E-state index in [0.717, 1.165) is 11.1 Å². The normalized spacial score (nSPS) is 17.0. The van der Waals surface area contributed by atoms with Crippen LogP contribution in [-0.4, -0.2) is 37.1 Å². The third-order valence-corrected chi connectivity index (χ3v) is 5.11. The van der Waals surface area contributed by atoms with Crippen LogP contribution >= 0.6 is 23.2 Å². The molecular weight excluding hydrogens is 371 g/mol. The highest BCUT2D eigenvalue weighted by Crippen LogP contribution is 2.28. The first-order valence-corrected chi connectivity index (χ1v) is 9.44. The third-order valence-electron chi connectivity index (χ3n) is 4.55. The monoisotopic (exact) mass is 392 g/mol. The van der Waals surface area contributed by atoms with Gasteiger partial charge in [0.15, 0.2) is 0 Å². The topological polar surface area (TPSA) is 41.6 Å². The van der Waals surface area contributed by atoms with Gasteiger partial charge in [0.25, 0.3) is 0 Å². The lowest BCUT2D eigenvalue weighted by Gasteiger charge is -2.32. The van der Waals surface area contributed by atoms with Crippen LogP contribution < -0.4 is 5.32 Å². The van der Waals surface area contributed by atoms with Gasteiger partial charge in [0, 0.05) is 29.2 Å². The second kappa shape index (κ2) is 8.87. The maximum Gasteiger partial charge on any atom is 0.244 e. The molecule has 26 heavy (non-hydrogen) atoms. The van der Waals surface area contributed by atoms with Gasteiger partial charge in [-0.15, -0.1) is 0 Å². The number of morpholine rings is 1. The first kappa shape index (κ1) is 19.2. The van der Waals surface area contributed by atoms with Crippen molar-refractivity contribution in [3.05, 3.63) is 69.7 Å². The number of halogens is 2. The van der Waals surface area contributed by atoms with Gasteiger partial charge in [-0.1, -0.05) is 59.6 Å². The fourth-order valence-electron chi connectivity index (χ4n) is 3.11. The number of carbonyl (C=O) groups excluding carboxylic acids is 1. The number of carbonyl (C=O) groups is 1. The van der Waals surface area contributed by atoms with Crippen LogP contribution in [0, 0.1) is 0 Å². The van der Waals surface area contributed by atoms with Gasteiger partial charge in [-0.05, 0) is 30.2 Å². The standard InChI is InChI=1S/C20H22Cl2N2O2/c1-14(17-8-7-16(21)13-18(17)22)23-19(15-5-3-2-4-6-15)20(25)24-9-11-26-12-10-24/h2-8,13-14,19,23H,9-12H2,1H3/t14-,19+/m1/s1. The molecule has 138 valence electrons. The number of hydrogen-bond acceptors (Lipinski definition) is 3. The van der Waals surface area contributed by atoms with E-state index in [1.165, 1.54) is 0 Å². The van der Waals surface area contributed by atoms with Gasteiger partial charge in [0.1, 0.15) is 6.04 Å². The van der Waals surface area contributed by atoms with Crippen molar-refractivity contribution < 1.29 is 9.53 Å². The van der Waals surface area contributed by atoms with Gasteiger partial charge in [-0.3, -0.25) is 10.1 Å². The molecule has 2 aromatic rings. The predicted molar refractivity (Wildman–Crippen MR) is 105 cm³/mol. The SMILES string of the molecule is C[C@@H](N[C@H](C(=O)N1CCOCC1)c1ccccc1)c1ccc(Cl)cc1Cl. The molecule has 0 aromatic heterocycles. The molecular formula is C20H22Cl2N2O2. The molecule has 1 N–H and O–H groups in total. The lowest BCUT2D eigenvalue weighted by atomic mass is 10.0. The molecule has 2 atom stereocenters. The summed E-state index contributed by atoms with van der Waals surface area (Å²) in [4.78, 5) is 15.0. The number of hydrogen-bond donors (Lipinski definition) is 1. The average Bonchev–Trinajstić information content (AvgIpc) is 2.67. The Bertz CT molecular complexity index is 749. The highest BCUT2D eigenvalue weighted by atomic mass is 35.5. The van der Waals surface area contributed by atoms with Crippen LogP contribution in [0.15, 0.2) is 48.5 Å². The maximum atomic E-state index is 13.2. The quantitative estimate of drug-likeness (QED) is 0.826. The van der Waals surface area contributed by atoms with Crippen molar-refractivity contribution in [1.82, 2.24) is 10.2 Å². The van der Waals surface area contributed by atoms with E-state index in [1.807, 2.05) is 54.3 Å². The van der Waals surface area contributed by atoms with Gasteiger partial charge in [-0.25, -0.2) is 0 Å². The second-order valence-electron chi connectivity index (χ2n) is 6.34. The minimum Gasteiger partial charge on any atom is -0.378 e. The first-order chi connectivity index (χ1) is 12.6. The van der Waals surface area contributed by atoms with Crippen LogP contribution in [0.4, 0.5) is 0 Å². The Morgan fingerprint density at radius 2 is 1.81 bits per heavy atom. The highest BCUT2D eigenvalue weighted by molar-refractivity contribution is 6.35. The predicted octanol–water partition coefficient (Wildman–Crippen LogP) is 4.24. The van der Waals surface area contributed by atoms with Gasteiger partial charge >= 0.3 is 0 Å². The summed E-state index contributed by atoms with van der Waals surface area (Å²) in [5, 5.41) is 4.63. The van der Waals surface area contributed by atoms with E-state index < -0.39 is 6.04 Å². The smallest absolute Gasteiger partial charge is 0.244 e. The van der Waals surface area contributed by atoms with E-state index in [4.69, 9.17) is 27.9 Å². The van der Waals surface area contributed by atoms with Gasteiger partial charge in [0.2, 0.25) is 5.91 Å². The molecule has 1 saturated heterocycles. The minimum atomic E-state index is -0.448. The first-order valence-electron chi connectivity index (χ1n) is 8.68. The minimum absolute atomic E-state index is 0.0523. The van der Waals surface area contributed by atoms with Crippen molar-refractivity contribution >= 4 is 29.1 Å². The fraction of sp³-hybridized carbons (Fsp3) is 0.350. The van der Waals surface area contributed by atoms with Crippen LogP contribution in [0.2, 0.25) is 10.0 Å². The zero-order valence-corrected chi connectivity index (χ0v) is 16.1. The zero-order valence-electron chi connectivity index (χ0n) is 14.6. The largest absolute Gasteiger partial charge is 0.378 e. The van der Waals surface area contributed by atoms with Crippen LogP contribution in [0.25, 0.3) is 0 Å². The van der Waals surface area contributed by atoms with Crippen LogP contribution in [0.5, 0.6) is 0 Å². The Morgan fingerprint density at radius 1 is 1.12 bits per heavy atom. The van der Waals surface area contributed by atoms with E-state index in [9.17, 15) is 4.79 Å². The van der Waals surface area contributed by atoms with E-state index in [0.29, 0.717) is 36.3 Å². The van der Waals surface area contributed by atoms with E-state index in [1.54, 1.807) is 6.07 Å². The molecule has 1 amide bonds. The maximum absolute atomic E-state index is 13.2. The number of rotatable bonds is 5. The van der Waals surface area contributed by atoms with E-state index in [-0.39, 0.29) is 11.9 Å². The summed E-state index contributed by atoms with van der Waals surface area (Å²) in [5.41, 5.74) is 1.84. The van der Waals surface area contributed by atoms with Gasteiger partial charge < -0.3 is 9.64 Å². The van der Waals surface area contributed by atoms with Crippen molar-refractivity contribution in [2.75, 3.05) is 26.3 Å². The molecule has 1 aliphatic heterocycles. The molecule has 0 unspecified atom stereocenters. The molecule has 0 saturated carbocycles. The molecule has 3 rings (SSSR count). The summed E-state index contributed by atoms with van der Waals surface area (Å²) >= 11 is 12.3. The van der Waals surface area contributed by atoms with Crippen molar-refractivity contribution in [3.63, 3.8) is 0 Å². The van der Waals surface area contributed by atoms with E-state index in [2.05, 4.69) is 5.32 Å². The lowest BCUT2D eigenvalue weighted by Crippen LogP contribution is -2.46. The number of ether oxygens (including phenoxy) is 1. The Balaban J connectivity index is 1.84. The number of nitrogens with one attached hydrogen (secondary N) is 1. The summed E-state index contributed by atoms with van der Waals surface area (Å²) in [7, 11) is 0. The van der Waals surface area contributed by atoms with Crippen LogP contribution in [-0.2, 0) is 9.53 Å². The molecule has 2 aromatic carbocycles. The van der Waals surface area contributed by atoms with Crippen LogP contribution in [0.3, 0.4) is 0 Å². The number of nitrogens with zero attached hydrogens (tertiary/aromatic N) is 1. The molecule has 0 spiro atoms. The van der Waals surface area contributed by atoms with E-state index >= 15 is 0 Å². The molecule has 1 aliphatic rings. The van der Waals surface area contributed by atoms with Gasteiger partial charge in [-0.2, -0.15) is 0 Å². The molecule has 4 nitrogen and oxygen atoms in total. The Morgan fingerprint density at radius 3 is 2.46 bits per heavy atom. The van der Waals surface area contributed by atoms with Crippen molar-refractivity contribution in [1.29, 1.82) is 0 Å². The Hall–Kier alpha value is -1.59. The molecule has 1 heterocycles. The summed E-state index contributed by atoms with van der Waals surface area (Å²) in [6.45, 7) is 4.37. The molecule has 0 radical (unpaired) electrons. The molecule has 0 aliphatic carbocycles. The Kier molecular flexibility index (Phi) is 6.54. The summed E-state index contributed by atoms with van der Waals surface area (Å²) < 4.78 is 5.37. The average molecular weight is 393 g/mol. The lowest BCUT2D eigenvalue weighted by molar-refractivity contribution is -0.138. The van der Waals surface area contributed by atoms with Gasteiger partial charge in [0.05, 0.1) is 13.2 Å².